The average Bonchev–Trinajstić information content (AvgIpc) is 2.98. The van der Waals surface area contributed by atoms with E-state index in [0.29, 0.717) is 30.0 Å². The zero-order chi connectivity index (χ0) is 20.5. The molecular formula is C20H30N2O5. The number of hydrogen-bond acceptors (Lipinski definition) is 6. The van der Waals surface area contributed by atoms with Crippen LogP contribution in [0.1, 0.15) is 52.2 Å². The van der Waals surface area contributed by atoms with Gasteiger partial charge in [0.25, 0.3) is 0 Å². The van der Waals surface area contributed by atoms with E-state index in [9.17, 15) is 15.0 Å². The molecule has 0 saturated heterocycles. The second-order valence-electron chi connectivity index (χ2n) is 8.20. The molecule has 0 spiro atoms. The molecule has 1 unspecified atom stereocenters. The fraction of sp³-hybridized carbons (Fsp3) is 0.600. The van der Waals surface area contributed by atoms with Crippen molar-refractivity contribution < 1.29 is 24.5 Å². The first-order valence-electron chi connectivity index (χ1n) is 9.00. The molecule has 1 aromatic carbocycles. The van der Waals surface area contributed by atoms with E-state index in [2.05, 4.69) is 10.3 Å². The number of hydrogen-bond donors (Lipinski definition) is 3. The molecule has 1 atom stereocenters. The van der Waals surface area contributed by atoms with Gasteiger partial charge in [-0.1, -0.05) is 12.1 Å². The lowest BCUT2D eigenvalue weighted by Crippen LogP contribution is -2.50. The summed E-state index contributed by atoms with van der Waals surface area (Å²) < 4.78 is 11.4. The molecule has 1 heterocycles. The lowest BCUT2D eigenvalue weighted by molar-refractivity contribution is -0.142. The van der Waals surface area contributed by atoms with Crippen LogP contribution >= 0.6 is 0 Å². The van der Waals surface area contributed by atoms with Gasteiger partial charge in [-0.3, -0.25) is 4.99 Å². The highest BCUT2D eigenvalue weighted by molar-refractivity contribution is 6.05. The summed E-state index contributed by atoms with van der Waals surface area (Å²) in [6.45, 7) is 9.89. The monoisotopic (exact) mass is 378 g/mol. The van der Waals surface area contributed by atoms with Gasteiger partial charge in [-0.2, -0.15) is 0 Å². The van der Waals surface area contributed by atoms with Crippen molar-refractivity contribution in [2.24, 2.45) is 4.99 Å². The van der Waals surface area contributed by atoms with Crippen LogP contribution in [0.5, 0.6) is 5.75 Å². The summed E-state index contributed by atoms with van der Waals surface area (Å²) in [5, 5.41) is 23.1. The normalized spacial score (nSPS) is 20.3. The van der Waals surface area contributed by atoms with Crippen LogP contribution in [0.4, 0.5) is 0 Å². The summed E-state index contributed by atoms with van der Waals surface area (Å²) in [5.41, 5.74) is -1.12. The number of ether oxygens (including phenoxy) is 2. The standard InChI is InChI=1S/C20H30N2O5/c1-18(2,26-6)10-11-27-19(3,4)14-9-7-8-13(15(14)23)16-21-12-20(5,22-16)17(24)25/h7-9,23H,10-12H2,1-6H3,(H,21,22)(H,24,25). The van der Waals surface area contributed by atoms with Gasteiger partial charge in [0.1, 0.15) is 11.6 Å². The molecular weight excluding hydrogens is 348 g/mol. The van der Waals surface area contributed by atoms with Crippen LogP contribution in [0.3, 0.4) is 0 Å². The summed E-state index contributed by atoms with van der Waals surface area (Å²) >= 11 is 0. The molecule has 3 N–H and O–H groups in total. The zero-order valence-corrected chi connectivity index (χ0v) is 16.9. The third-order valence-electron chi connectivity index (χ3n) is 5.08. The zero-order valence-electron chi connectivity index (χ0n) is 16.9. The van der Waals surface area contributed by atoms with E-state index in [1.165, 1.54) is 0 Å². The van der Waals surface area contributed by atoms with Crippen LogP contribution in [-0.2, 0) is 19.9 Å². The minimum absolute atomic E-state index is 0.0365. The van der Waals surface area contributed by atoms with Crippen LogP contribution in [0, 0.1) is 0 Å². The second kappa shape index (κ2) is 7.48. The number of phenols is 1. The van der Waals surface area contributed by atoms with Gasteiger partial charge in [-0.25, -0.2) is 4.79 Å². The molecule has 2 rings (SSSR count). The number of rotatable bonds is 8. The topological polar surface area (TPSA) is 100 Å². The number of nitrogens with zero attached hydrogens (tertiary/aromatic N) is 1. The Balaban J connectivity index is 2.20. The number of carboxylic acid groups (broad SMARTS) is 1. The number of carboxylic acids is 1. The van der Waals surface area contributed by atoms with E-state index in [1.807, 2.05) is 27.7 Å². The van der Waals surface area contributed by atoms with Crippen molar-refractivity contribution in [2.45, 2.75) is 57.8 Å². The van der Waals surface area contributed by atoms with Crippen LogP contribution < -0.4 is 5.32 Å². The van der Waals surface area contributed by atoms with Gasteiger partial charge in [0.15, 0.2) is 5.54 Å². The van der Waals surface area contributed by atoms with E-state index in [-0.39, 0.29) is 17.9 Å². The number of aliphatic imine (C=N–C) groups is 1. The van der Waals surface area contributed by atoms with Gasteiger partial charge >= 0.3 is 5.97 Å². The number of carbonyl (C=O) groups is 1. The molecule has 0 saturated carbocycles. The number of nitrogens with one attached hydrogen (secondary N) is 1. The van der Waals surface area contributed by atoms with Crippen molar-refractivity contribution in [1.29, 1.82) is 0 Å². The van der Waals surface area contributed by atoms with Crippen molar-refractivity contribution in [1.82, 2.24) is 5.32 Å². The first-order valence-corrected chi connectivity index (χ1v) is 9.00. The number of amidine groups is 1. The Labute approximate surface area is 160 Å². The van der Waals surface area contributed by atoms with E-state index >= 15 is 0 Å². The Bertz CT molecular complexity index is 742. The van der Waals surface area contributed by atoms with Crippen molar-refractivity contribution in [2.75, 3.05) is 20.3 Å². The predicted molar refractivity (Wildman–Crippen MR) is 103 cm³/mol. The fourth-order valence-electron chi connectivity index (χ4n) is 2.80. The third kappa shape index (κ3) is 4.59. The van der Waals surface area contributed by atoms with Crippen molar-refractivity contribution in [3.63, 3.8) is 0 Å². The first-order chi connectivity index (χ1) is 12.4. The molecule has 7 heteroatoms. The maximum atomic E-state index is 11.4. The summed E-state index contributed by atoms with van der Waals surface area (Å²) in [7, 11) is 1.67. The minimum atomic E-state index is -1.17. The van der Waals surface area contributed by atoms with E-state index in [4.69, 9.17) is 9.47 Å². The van der Waals surface area contributed by atoms with E-state index < -0.39 is 17.1 Å². The van der Waals surface area contributed by atoms with Gasteiger partial charge in [0.2, 0.25) is 0 Å². The summed E-state index contributed by atoms with van der Waals surface area (Å²) in [6.07, 6.45) is 0.707. The van der Waals surface area contributed by atoms with E-state index in [0.717, 1.165) is 0 Å². The largest absolute Gasteiger partial charge is 0.507 e. The molecule has 1 aliphatic rings. The number of benzene rings is 1. The maximum absolute atomic E-state index is 11.4. The smallest absolute Gasteiger partial charge is 0.331 e. The van der Waals surface area contributed by atoms with E-state index in [1.54, 1.807) is 32.2 Å². The molecule has 1 aliphatic heterocycles. The van der Waals surface area contributed by atoms with Gasteiger partial charge < -0.3 is 25.0 Å². The SMILES string of the molecule is COC(C)(C)CCOC(C)(C)c1cccc(C2=NCC(C)(C(=O)O)N2)c1O. The molecule has 0 aliphatic carbocycles. The van der Waals surface area contributed by atoms with Crippen LogP contribution in [-0.4, -0.2) is 53.4 Å². The number of aromatic hydroxyl groups is 1. The highest BCUT2D eigenvalue weighted by Crippen LogP contribution is 2.35. The van der Waals surface area contributed by atoms with Gasteiger partial charge in [0.05, 0.1) is 29.9 Å². The van der Waals surface area contributed by atoms with Gasteiger partial charge in [-0.15, -0.1) is 0 Å². The van der Waals surface area contributed by atoms with Crippen LogP contribution in [0.25, 0.3) is 0 Å². The minimum Gasteiger partial charge on any atom is -0.507 e. The lowest BCUT2D eigenvalue weighted by Gasteiger charge is -2.30. The van der Waals surface area contributed by atoms with Crippen LogP contribution in [0.2, 0.25) is 0 Å². The Morgan fingerprint density at radius 2 is 2.00 bits per heavy atom. The van der Waals surface area contributed by atoms with Crippen molar-refractivity contribution in [3.8, 4) is 5.75 Å². The molecule has 7 nitrogen and oxygen atoms in total. The molecule has 150 valence electrons. The summed E-state index contributed by atoms with van der Waals surface area (Å²) in [5.74, 6) is -0.578. The number of phenolic OH excluding ortho intramolecular Hbond substituents is 1. The Hall–Kier alpha value is -2.12. The Morgan fingerprint density at radius 3 is 2.56 bits per heavy atom. The predicted octanol–water partition coefficient (Wildman–Crippen LogP) is 2.65. The molecule has 1 aromatic rings. The quantitative estimate of drug-likeness (QED) is 0.643. The highest BCUT2D eigenvalue weighted by Gasteiger charge is 2.39. The third-order valence-corrected chi connectivity index (χ3v) is 5.08. The molecule has 27 heavy (non-hydrogen) atoms. The highest BCUT2D eigenvalue weighted by atomic mass is 16.5. The number of methoxy groups -OCH3 is 1. The Kier molecular flexibility index (Phi) is 5.87. The first kappa shape index (κ1) is 21.2. The van der Waals surface area contributed by atoms with Crippen molar-refractivity contribution in [3.05, 3.63) is 29.3 Å². The average molecular weight is 378 g/mol. The van der Waals surface area contributed by atoms with Gasteiger partial charge in [-0.05, 0) is 47.1 Å². The van der Waals surface area contributed by atoms with Crippen molar-refractivity contribution >= 4 is 11.8 Å². The van der Waals surface area contributed by atoms with Gasteiger partial charge in [0, 0.05) is 12.7 Å². The summed E-state index contributed by atoms with van der Waals surface area (Å²) in [4.78, 5) is 15.7. The lowest BCUT2D eigenvalue weighted by atomic mass is 9.94. The fourth-order valence-corrected chi connectivity index (χ4v) is 2.80. The van der Waals surface area contributed by atoms with Crippen LogP contribution in [0.15, 0.2) is 23.2 Å². The number of aliphatic carboxylic acids is 1. The maximum Gasteiger partial charge on any atom is 0.331 e. The molecule has 0 aromatic heterocycles. The molecule has 0 radical (unpaired) electrons. The molecule has 0 fully saturated rings. The number of para-hydroxylation sites is 1. The second-order valence-corrected chi connectivity index (χ2v) is 8.20. The summed E-state index contributed by atoms with van der Waals surface area (Å²) in [6, 6.07) is 5.31. The molecule has 0 amide bonds. The Morgan fingerprint density at radius 1 is 1.33 bits per heavy atom. The molecule has 0 bridgehead atoms.